The predicted octanol–water partition coefficient (Wildman–Crippen LogP) is 0.909. The van der Waals surface area contributed by atoms with Crippen molar-refractivity contribution < 1.29 is 23.9 Å². The smallest absolute Gasteiger partial charge is 0.306 e. The lowest BCUT2D eigenvalue weighted by molar-refractivity contribution is -0.141. The molecule has 1 aromatic carbocycles. The quantitative estimate of drug-likeness (QED) is 0.798. The number of anilines is 2. The van der Waals surface area contributed by atoms with Crippen molar-refractivity contribution in [3.05, 3.63) is 18.2 Å². The number of benzene rings is 1. The van der Waals surface area contributed by atoms with E-state index in [0.29, 0.717) is 17.1 Å². The van der Waals surface area contributed by atoms with Gasteiger partial charge < -0.3 is 20.1 Å². The first-order chi connectivity index (χ1) is 9.58. The number of amides is 2. The number of nitrogens with one attached hydrogen (secondary N) is 2. The molecule has 1 heterocycles. The molecule has 0 bridgehead atoms. The number of carbonyl (C=O) groups excluding carboxylic acids is 3. The molecule has 0 spiro atoms. The number of methoxy groups -OCH3 is 1. The van der Waals surface area contributed by atoms with E-state index >= 15 is 0 Å². The Bertz CT molecular complexity index is 556. The second kappa shape index (κ2) is 6.05. The van der Waals surface area contributed by atoms with Crippen LogP contribution in [0.3, 0.4) is 0 Å². The molecule has 0 fully saturated rings. The molecule has 2 amide bonds. The Morgan fingerprint density at radius 3 is 2.95 bits per heavy atom. The Hall–Kier alpha value is -2.57. The van der Waals surface area contributed by atoms with Crippen LogP contribution in [0.5, 0.6) is 5.75 Å². The van der Waals surface area contributed by atoms with E-state index in [-0.39, 0.29) is 31.3 Å². The number of fused-ring (bicyclic) bond motifs is 1. The standard InChI is InChI=1S/C13H14N2O5/c1-19-13(18)5-4-11(16)14-8-2-3-10-9(6-8)15-12(17)7-20-10/h2-3,6H,4-5,7H2,1H3,(H,14,16)(H,15,17). The van der Waals surface area contributed by atoms with Crippen LogP contribution in [0.2, 0.25) is 0 Å². The van der Waals surface area contributed by atoms with Gasteiger partial charge >= 0.3 is 5.97 Å². The third-order valence-corrected chi connectivity index (χ3v) is 2.68. The lowest BCUT2D eigenvalue weighted by atomic mass is 10.2. The first kappa shape index (κ1) is 13.9. The largest absolute Gasteiger partial charge is 0.482 e. The van der Waals surface area contributed by atoms with Crippen molar-refractivity contribution >= 4 is 29.2 Å². The maximum Gasteiger partial charge on any atom is 0.306 e. The van der Waals surface area contributed by atoms with Gasteiger partial charge in [0, 0.05) is 12.1 Å². The summed E-state index contributed by atoms with van der Waals surface area (Å²) in [5, 5.41) is 5.28. The van der Waals surface area contributed by atoms with E-state index in [0.717, 1.165) is 0 Å². The second-order valence-electron chi connectivity index (χ2n) is 4.17. The molecule has 0 radical (unpaired) electrons. The SMILES string of the molecule is COC(=O)CCC(=O)Nc1ccc2c(c1)NC(=O)CO2. The highest BCUT2D eigenvalue weighted by Gasteiger charge is 2.16. The molecule has 0 saturated heterocycles. The van der Waals surface area contributed by atoms with Gasteiger partial charge in [0.1, 0.15) is 5.75 Å². The maximum atomic E-state index is 11.6. The minimum atomic E-state index is -0.439. The van der Waals surface area contributed by atoms with Crippen molar-refractivity contribution in [2.45, 2.75) is 12.8 Å². The molecule has 2 rings (SSSR count). The molecule has 2 N–H and O–H groups in total. The van der Waals surface area contributed by atoms with Crippen LogP contribution in [0, 0.1) is 0 Å². The minimum absolute atomic E-state index is 0.0160. The van der Waals surface area contributed by atoms with Crippen LogP contribution in [0.4, 0.5) is 11.4 Å². The fourth-order valence-corrected chi connectivity index (χ4v) is 1.70. The zero-order valence-corrected chi connectivity index (χ0v) is 10.9. The minimum Gasteiger partial charge on any atom is -0.482 e. The van der Waals surface area contributed by atoms with Gasteiger partial charge in [-0.05, 0) is 18.2 Å². The topological polar surface area (TPSA) is 93.7 Å². The normalized spacial score (nSPS) is 12.8. The molecule has 1 aromatic rings. The van der Waals surface area contributed by atoms with Crippen LogP contribution in [0.25, 0.3) is 0 Å². The summed E-state index contributed by atoms with van der Waals surface area (Å²) in [5.74, 6) is -0.437. The highest BCUT2D eigenvalue weighted by atomic mass is 16.5. The van der Waals surface area contributed by atoms with Crippen molar-refractivity contribution in [2.24, 2.45) is 0 Å². The third kappa shape index (κ3) is 3.47. The van der Waals surface area contributed by atoms with Gasteiger partial charge in [-0.2, -0.15) is 0 Å². The van der Waals surface area contributed by atoms with Crippen LogP contribution in [0.1, 0.15) is 12.8 Å². The van der Waals surface area contributed by atoms with Crippen molar-refractivity contribution in [2.75, 3.05) is 24.4 Å². The van der Waals surface area contributed by atoms with Crippen molar-refractivity contribution in [1.29, 1.82) is 0 Å². The Morgan fingerprint density at radius 1 is 1.40 bits per heavy atom. The molecular formula is C13H14N2O5. The van der Waals surface area contributed by atoms with Gasteiger partial charge in [0.25, 0.3) is 5.91 Å². The molecule has 20 heavy (non-hydrogen) atoms. The second-order valence-corrected chi connectivity index (χ2v) is 4.17. The summed E-state index contributed by atoms with van der Waals surface area (Å²) in [6.07, 6.45) is 0.0553. The molecule has 0 saturated carbocycles. The summed E-state index contributed by atoms with van der Waals surface area (Å²) in [6.45, 7) is -0.0160. The molecule has 7 nitrogen and oxygen atoms in total. The average molecular weight is 278 g/mol. The van der Waals surface area contributed by atoms with E-state index in [1.807, 2.05) is 0 Å². The Morgan fingerprint density at radius 2 is 2.20 bits per heavy atom. The van der Waals surface area contributed by atoms with Gasteiger partial charge in [-0.3, -0.25) is 14.4 Å². The number of hydrogen-bond acceptors (Lipinski definition) is 5. The molecule has 0 aliphatic carbocycles. The third-order valence-electron chi connectivity index (χ3n) is 2.68. The van der Waals surface area contributed by atoms with Crippen LogP contribution in [-0.4, -0.2) is 31.5 Å². The molecule has 0 atom stereocenters. The van der Waals surface area contributed by atoms with Crippen LogP contribution >= 0.6 is 0 Å². The van der Waals surface area contributed by atoms with Gasteiger partial charge in [0.05, 0.1) is 19.2 Å². The summed E-state index contributed by atoms with van der Waals surface area (Å²) in [4.78, 5) is 33.8. The van der Waals surface area contributed by atoms with Gasteiger partial charge in [-0.25, -0.2) is 0 Å². The number of ether oxygens (including phenoxy) is 2. The zero-order valence-electron chi connectivity index (χ0n) is 10.9. The first-order valence-corrected chi connectivity index (χ1v) is 6.02. The summed E-state index contributed by atoms with van der Waals surface area (Å²) < 4.78 is 9.66. The number of hydrogen-bond donors (Lipinski definition) is 2. The fourth-order valence-electron chi connectivity index (χ4n) is 1.70. The van der Waals surface area contributed by atoms with Crippen LogP contribution in [-0.2, 0) is 19.1 Å². The summed E-state index contributed by atoms with van der Waals surface area (Å²) >= 11 is 0. The van der Waals surface area contributed by atoms with E-state index < -0.39 is 5.97 Å². The zero-order chi connectivity index (χ0) is 14.5. The first-order valence-electron chi connectivity index (χ1n) is 6.02. The highest BCUT2D eigenvalue weighted by Crippen LogP contribution is 2.30. The van der Waals surface area contributed by atoms with Crippen molar-refractivity contribution in [1.82, 2.24) is 0 Å². The average Bonchev–Trinajstić information content (AvgIpc) is 2.44. The Balaban J connectivity index is 1.96. The van der Waals surface area contributed by atoms with E-state index in [1.165, 1.54) is 7.11 Å². The summed E-state index contributed by atoms with van der Waals surface area (Å²) in [6, 6.07) is 4.92. The van der Waals surface area contributed by atoms with Crippen LogP contribution < -0.4 is 15.4 Å². The van der Waals surface area contributed by atoms with Gasteiger partial charge in [-0.15, -0.1) is 0 Å². The molecular weight excluding hydrogens is 264 g/mol. The Kier molecular flexibility index (Phi) is 4.19. The lowest BCUT2D eigenvalue weighted by Gasteiger charge is -2.18. The monoisotopic (exact) mass is 278 g/mol. The lowest BCUT2D eigenvalue weighted by Crippen LogP contribution is -2.25. The highest BCUT2D eigenvalue weighted by molar-refractivity contribution is 5.98. The van der Waals surface area contributed by atoms with Crippen molar-refractivity contribution in [3.63, 3.8) is 0 Å². The van der Waals surface area contributed by atoms with E-state index in [2.05, 4.69) is 15.4 Å². The molecule has 1 aliphatic rings. The predicted molar refractivity (Wildman–Crippen MR) is 70.4 cm³/mol. The van der Waals surface area contributed by atoms with E-state index in [1.54, 1.807) is 18.2 Å². The van der Waals surface area contributed by atoms with Gasteiger partial charge in [0.15, 0.2) is 6.61 Å². The summed E-state index contributed by atoms with van der Waals surface area (Å²) in [7, 11) is 1.27. The number of carbonyl (C=O) groups is 3. The number of rotatable bonds is 4. The van der Waals surface area contributed by atoms with Crippen molar-refractivity contribution in [3.8, 4) is 5.75 Å². The van der Waals surface area contributed by atoms with E-state index in [9.17, 15) is 14.4 Å². The van der Waals surface area contributed by atoms with Gasteiger partial charge in [-0.1, -0.05) is 0 Å². The molecule has 1 aliphatic heterocycles. The maximum absolute atomic E-state index is 11.6. The number of esters is 1. The molecule has 7 heteroatoms. The molecule has 106 valence electrons. The van der Waals surface area contributed by atoms with Gasteiger partial charge in [0.2, 0.25) is 5.91 Å². The fraction of sp³-hybridized carbons (Fsp3) is 0.308. The summed E-state index contributed by atoms with van der Waals surface area (Å²) in [5.41, 5.74) is 1.02. The molecule has 0 aromatic heterocycles. The van der Waals surface area contributed by atoms with E-state index in [4.69, 9.17) is 4.74 Å². The Labute approximate surface area is 115 Å². The van der Waals surface area contributed by atoms with Crippen LogP contribution in [0.15, 0.2) is 18.2 Å². The molecule has 0 unspecified atom stereocenters.